The summed E-state index contributed by atoms with van der Waals surface area (Å²) in [6.07, 6.45) is 7.47. The van der Waals surface area contributed by atoms with Gasteiger partial charge in [0.15, 0.2) is 5.82 Å². The molecule has 1 N–H and O–H groups in total. The number of hydrogen-bond acceptors (Lipinski definition) is 5. The van der Waals surface area contributed by atoms with Crippen LogP contribution in [0, 0.1) is 5.92 Å². The van der Waals surface area contributed by atoms with Crippen LogP contribution in [0.1, 0.15) is 68.5 Å². The van der Waals surface area contributed by atoms with Crippen molar-refractivity contribution in [2.75, 3.05) is 12.3 Å². The van der Waals surface area contributed by atoms with Crippen LogP contribution in [-0.2, 0) is 0 Å². The van der Waals surface area contributed by atoms with Crippen LogP contribution in [0.25, 0.3) is 0 Å². The van der Waals surface area contributed by atoms with E-state index in [1.54, 1.807) is 0 Å². The lowest BCUT2D eigenvalue weighted by Gasteiger charge is -2.27. The molecule has 3 unspecified atom stereocenters. The average Bonchev–Trinajstić information content (AvgIpc) is 2.98. The van der Waals surface area contributed by atoms with Crippen molar-refractivity contribution in [3.05, 3.63) is 11.7 Å². The van der Waals surface area contributed by atoms with E-state index >= 15 is 0 Å². The summed E-state index contributed by atoms with van der Waals surface area (Å²) in [5.74, 6) is 3.75. The highest BCUT2D eigenvalue weighted by atomic mass is 32.2. The van der Waals surface area contributed by atoms with Crippen molar-refractivity contribution in [3.63, 3.8) is 0 Å². The first-order valence-corrected chi connectivity index (χ1v) is 8.60. The number of thioether (sulfide) groups is 1. The Morgan fingerprint density at radius 1 is 1.37 bits per heavy atom. The molecule has 2 aliphatic heterocycles. The van der Waals surface area contributed by atoms with Crippen molar-refractivity contribution in [2.24, 2.45) is 5.92 Å². The Labute approximate surface area is 119 Å². The third kappa shape index (κ3) is 3.14. The van der Waals surface area contributed by atoms with Gasteiger partial charge in [0.1, 0.15) is 0 Å². The van der Waals surface area contributed by atoms with Crippen molar-refractivity contribution in [2.45, 2.75) is 56.7 Å². The number of rotatable bonds is 3. The molecule has 3 atom stereocenters. The second-order valence-electron chi connectivity index (χ2n) is 5.65. The molecular weight excluding hydrogens is 258 g/mol. The zero-order valence-electron chi connectivity index (χ0n) is 11.6. The summed E-state index contributed by atoms with van der Waals surface area (Å²) in [5, 5.41) is 8.19. The van der Waals surface area contributed by atoms with Gasteiger partial charge in [-0.1, -0.05) is 24.9 Å². The SMILES string of the molecule is CCC1CCNC(c2nc(C3CCCCS3)no2)C1. The van der Waals surface area contributed by atoms with Gasteiger partial charge < -0.3 is 9.84 Å². The van der Waals surface area contributed by atoms with Crippen molar-refractivity contribution >= 4 is 11.8 Å². The minimum absolute atomic E-state index is 0.272. The van der Waals surface area contributed by atoms with E-state index in [1.807, 2.05) is 11.8 Å². The summed E-state index contributed by atoms with van der Waals surface area (Å²) in [7, 11) is 0. The first-order valence-electron chi connectivity index (χ1n) is 7.55. The van der Waals surface area contributed by atoms with Crippen molar-refractivity contribution in [3.8, 4) is 0 Å². The van der Waals surface area contributed by atoms with Crippen molar-refractivity contribution in [1.29, 1.82) is 0 Å². The standard InChI is InChI=1S/C14H23N3OS/c1-2-10-6-7-15-11(9-10)14-16-13(17-18-14)12-5-3-4-8-19-12/h10-12,15H,2-9H2,1H3. The lowest BCUT2D eigenvalue weighted by atomic mass is 9.90. The largest absolute Gasteiger partial charge is 0.338 e. The van der Waals surface area contributed by atoms with E-state index < -0.39 is 0 Å². The number of nitrogens with zero attached hydrogens (tertiary/aromatic N) is 2. The summed E-state index contributed by atoms with van der Waals surface area (Å²) in [6, 6.07) is 0.272. The molecule has 1 aromatic rings. The maximum absolute atomic E-state index is 5.51. The van der Waals surface area contributed by atoms with Gasteiger partial charge in [-0.05, 0) is 43.9 Å². The van der Waals surface area contributed by atoms with Gasteiger partial charge in [0.05, 0.1) is 11.3 Å². The highest BCUT2D eigenvalue weighted by Gasteiger charge is 2.28. The maximum Gasteiger partial charge on any atom is 0.243 e. The van der Waals surface area contributed by atoms with Gasteiger partial charge in [0.25, 0.3) is 0 Å². The first kappa shape index (κ1) is 13.4. The van der Waals surface area contributed by atoms with E-state index in [0.29, 0.717) is 5.25 Å². The van der Waals surface area contributed by atoms with E-state index in [-0.39, 0.29) is 6.04 Å². The molecule has 106 valence electrons. The molecule has 2 saturated heterocycles. The van der Waals surface area contributed by atoms with Crippen LogP contribution in [-0.4, -0.2) is 22.4 Å². The van der Waals surface area contributed by atoms with Gasteiger partial charge in [0.2, 0.25) is 5.89 Å². The van der Waals surface area contributed by atoms with Crippen LogP contribution in [0.2, 0.25) is 0 Å². The third-order valence-corrected chi connectivity index (χ3v) is 5.69. The molecule has 0 radical (unpaired) electrons. The van der Waals surface area contributed by atoms with Crippen LogP contribution >= 0.6 is 11.8 Å². The zero-order chi connectivity index (χ0) is 13.1. The number of nitrogens with one attached hydrogen (secondary N) is 1. The van der Waals surface area contributed by atoms with E-state index in [4.69, 9.17) is 4.52 Å². The molecule has 2 fully saturated rings. The quantitative estimate of drug-likeness (QED) is 0.919. The summed E-state index contributed by atoms with van der Waals surface area (Å²) < 4.78 is 5.51. The summed E-state index contributed by atoms with van der Waals surface area (Å²) in [6.45, 7) is 3.34. The molecule has 0 bridgehead atoms. The van der Waals surface area contributed by atoms with Crippen molar-refractivity contribution < 1.29 is 4.52 Å². The molecule has 0 amide bonds. The molecular formula is C14H23N3OS. The molecule has 0 aliphatic carbocycles. The fourth-order valence-electron chi connectivity index (χ4n) is 3.02. The summed E-state index contributed by atoms with van der Waals surface area (Å²) >= 11 is 1.98. The predicted molar refractivity (Wildman–Crippen MR) is 77.1 cm³/mol. The zero-order valence-corrected chi connectivity index (χ0v) is 12.4. The Kier molecular flexibility index (Phi) is 4.43. The highest BCUT2D eigenvalue weighted by molar-refractivity contribution is 7.99. The van der Waals surface area contributed by atoms with E-state index in [2.05, 4.69) is 22.4 Å². The number of hydrogen-bond donors (Lipinski definition) is 1. The number of piperidine rings is 1. The van der Waals surface area contributed by atoms with Crippen LogP contribution in [0.15, 0.2) is 4.52 Å². The normalized spacial score (nSPS) is 32.4. The third-order valence-electron chi connectivity index (χ3n) is 4.31. The van der Waals surface area contributed by atoms with Gasteiger partial charge in [0, 0.05) is 0 Å². The summed E-state index contributed by atoms with van der Waals surface area (Å²) in [5.41, 5.74) is 0. The molecule has 0 spiro atoms. The first-order chi connectivity index (χ1) is 9.36. The maximum atomic E-state index is 5.51. The second kappa shape index (κ2) is 6.27. The Balaban J connectivity index is 1.66. The molecule has 3 heterocycles. The van der Waals surface area contributed by atoms with Gasteiger partial charge >= 0.3 is 0 Å². The lowest BCUT2D eigenvalue weighted by molar-refractivity contribution is 0.245. The Morgan fingerprint density at radius 2 is 2.32 bits per heavy atom. The Bertz CT molecular complexity index is 403. The van der Waals surface area contributed by atoms with E-state index in [9.17, 15) is 0 Å². The molecule has 0 aromatic carbocycles. The summed E-state index contributed by atoms with van der Waals surface area (Å²) in [4.78, 5) is 4.67. The Hall–Kier alpha value is -0.550. The fraction of sp³-hybridized carbons (Fsp3) is 0.857. The molecule has 5 heteroatoms. The topological polar surface area (TPSA) is 51.0 Å². The molecule has 4 nitrogen and oxygen atoms in total. The molecule has 3 rings (SSSR count). The average molecular weight is 281 g/mol. The molecule has 1 aromatic heterocycles. The van der Waals surface area contributed by atoms with Crippen LogP contribution in [0.4, 0.5) is 0 Å². The van der Waals surface area contributed by atoms with Crippen LogP contribution in [0.5, 0.6) is 0 Å². The highest BCUT2D eigenvalue weighted by Crippen LogP contribution is 2.37. The minimum Gasteiger partial charge on any atom is -0.338 e. The van der Waals surface area contributed by atoms with Gasteiger partial charge in [-0.2, -0.15) is 16.7 Å². The van der Waals surface area contributed by atoms with E-state index in [1.165, 1.54) is 37.9 Å². The molecule has 0 saturated carbocycles. The molecule has 2 aliphatic rings. The van der Waals surface area contributed by atoms with Gasteiger partial charge in [-0.25, -0.2) is 0 Å². The van der Waals surface area contributed by atoms with Gasteiger partial charge in [-0.3, -0.25) is 0 Å². The lowest BCUT2D eigenvalue weighted by Crippen LogP contribution is -2.31. The van der Waals surface area contributed by atoms with Crippen LogP contribution in [0.3, 0.4) is 0 Å². The van der Waals surface area contributed by atoms with Gasteiger partial charge in [-0.15, -0.1) is 0 Å². The number of aromatic nitrogens is 2. The second-order valence-corrected chi connectivity index (χ2v) is 6.96. The fourth-order valence-corrected chi connectivity index (χ4v) is 4.25. The molecule has 19 heavy (non-hydrogen) atoms. The predicted octanol–water partition coefficient (Wildman–Crippen LogP) is 3.48. The van der Waals surface area contributed by atoms with Crippen LogP contribution < -0.4 is 5.32 Å². The Morgan fingerprint density at radius 3 is 3.11 bits per heavy atom. The van der Waals surface area contributed by atoms with E-state index in [0.717, 1.165) is 30.6 Å². The van der Waals surface area contributed by atoms with Crippen molar-refractivity contribution in [1.82, 2.24) is 15.5 Å². The monoisotopic (exact) mass is 281 g/mol. The minimum atomic E-state index is 0.272. The smallest absolute Gasteiger partial charge is 0.243 e.